The molecule has 2 aromatic rings. The van der Waals surface area contributed by atoms with Crippen LogP contribution in [0.3, 0.4) is 0 Å². The normalized spacial score (nSPS) is 10.0. The molecule has 0 aliphatic rings. The highest BCUT2D eigenvalue weighted by molar-refractivity contribution is 9.13. The second kappa shape index (κ2) is 4.81. The monoisotopic (exact) mass is 325 g/mol. The highest BCUT2D eigenvalue weighted by Crippen LogP contribution is 2.34. The number of hydrogen-bond acceptors (Lipinski definition) is 1. The Bertz CT molecular complexity index is 454. The van der Waals surface area contributed by atoms with Gasteiger partial charge in [-0.2, -0.15) is 0 Å². The molecule has 15 heavy (non-hydrogen) atoms. The molecule has 75 valence electrons. The van der Waals surface area contributed by atoms with Crippen LogP contribution >= 0.6 is 31.9 Å². The topological polar surface area (TPSA) is 9.23 Å². The van der Waals surface area contributed by atoms with Crippen molar-refractivity contribution >= 4 is 31.9 Å². The molecule has 0 spiro atoms. The van der Waals surface area contributed by atoms with E-state index in [-0.39, 0.29) is 0 Å². The van der Waals surface area contributed by atoms with E-state index in [9.17, 15) is 0 Å². The smallest absolute Gasteiger partial charge is 0.142 e. The molecule has 0 heterocycles. The van der Waals surface area contributed by atoms with E-state index in [4.69, 9.17) is 4.74 Å². The Hall–Kier alpha value is -0.800. The van der Waals surface area contributed by atoms with Crippen molar-refractivity contribution in [2.45, 2.75) is 0 Å². The van der Waals surface area contributed by atoms with Crippen molar-refractivity contribution < 1.29 is 4.74 Å². The molecule has 1 radical (unpaired) electrons. The second-order valence-corrected chi connectivity index (χ2v) is 4.54. The van der Waals surface area contributed by atoms with Gasteiger partial charge in [0.25, 0.3) is 0 Å². The number of hydrogen-bond donors (Lipinski definition) is 0. The maximum Gasteiger partial charge on any atom is 0.142 e. The Morgan fingerprint density at radius 3 is 2.47 bits per heavy atom. The first kappa shape index (κ1) is 10.7. The van der Waals surface area contributed by atoms with E-state index < -0.39 is 0 Å². The molecular weight excluding hydrogens is 320 g/mol. The maximum atomic E-state index is 5.69. The Morgan fingerprint density at radius 2 is 1.73 bits per heavy atom. The Labute approximate surface area is 105 Å². The molecule has 0 amide bonds. The maximum absolute atomic E-state index is 5.69. The van der Waals surface area contributed by atoms with Gasteiger partial charge in [-0.15, -0.1) is 0 Å². The number of halogens is 2. The van der Waals surface area contributed by atoms with E-state index in [2.05, 4.69) is 37.9 Å². The molecule has 0 N–H and O–H groups in total. The summed E-state index contributed by atoms with van der Waals surface area (Å²) in [5, 5.41) is 0. The van der Waals surface area contributed by atoms with E-state index in [1.807, 2.05) is 42.5 Å². The first-order chi connectivity index (χ1) is 7.27. The molecule has 0 saturated heterocycles. The summed E-state index contributed by atoms with van der Waals surface area (Å²) in [4.78, 5) is 0. The van der Waals surface area contributed by atoms with Crippen LogP contribution in [0.15, 0.2) is 51.4 Å². The zero-order valence-electron chi connectivity index (χ0n) is 7.71. The van der Waals surface area contributed by atoms with Gasteiger partial charge >= 0.3 is 0 Å². The van der Waals surface area contributed by atoms with E-state index in [1.165, 1.54) is 0 Å². The number of ether oxygens (including phenoxy) is 1. The van der Waals surface area contributed by atoms with Crippen molar-refractivity contribution in [3.63, 3.8) is 0 Å². The molecular formula is C12H7Br2O. The Balaban J connectivity index is 2.29. The third-order valence-electron chi connectivity index (χ3n) is 1.83. The lowest BCUT2D eigenvalue weighted by Gasteiger charge is -2.08. The zero-order valence-corrected chi connectivity index (χ0v) is 10.9. The summed E-state index contributed by atoms with van der Waals surface area (Å²) in [5.41, 5.74) is 0. The van der Waals surface area contributed by atoms with Crippen LogP contribution in [-0.2, 0) is 0 Å². The largest absolute Gasteiger partial charge is 0.456 e. The first-order valence-corrected chi connectivity index (χ1v) is 5.94. The molecule has 2 aromatic carbocycles. The summed E-state index contributed by atoms with van der Waals surface area (Å²) in [5.74, 6) is 1.59. The molecule has 0 unspecified atom stereocenters. The standard InChI is InChI=1S/C12H7Br2O/c13-10-7-4-8-11(12(10)14)15-9-5-2-1-3-6-9/h2-8H. The average Bonchev–Trinajstić information content (AvgIpc) is 2.26. The van der Waals surface area contributed by atoms with Crippen molar-refractivity contribution in [3.8, 4) is 11.5 Å². The molecule has 0 fully saturated rings. The van der Waals surface area contributed by atoms with Gasteiger partial charge in [-0.25, -0.2) is 0 Å². The van der Waals surface area contributed by atoms with Gasteiger partial charge in [0.05, 0.1) is 4.47 Å². The second-order valence-electron chi connectivity index (χ2n) is 2.89. The van der Waals surface area contributed by atoms with Crippen molar-refractivity contribution in [1.29, 1.82) is 0 Å². The molecule has 0 saturated carbocycles. The van der Waals surface area contributed by atoms with Gasteiger partial charge in [0.15, 0.2) is 0 Å². The van der Waals surface area contributed by atoms with E-state index >= 15 is 0 Å². The SMILES string of the molecule is Brc1cccc(Oc2cc[c]cc2)c1Br. The summed E-state index contributed by atoms with van der Waals surface area (Å²) in [6, 6.07) is 16.1. The first-order valence-electron chi connectivity index (χ1n) is 4.35. The van der Waals surface area contributed by atoms with E-state index in [0.29, 0.717) is 0 Å². The van der Waals surface area contributed by atoms with Crippen LogP contribution in [0.25, 0.3) is 0 Å². The summed E-state index contributed by atoms with van der Waals surface area (Å²) in [6.45, 7) is 0. The highest BCUT2D eigenvalue weighted by atomic mass is 79.9. The zero-order chi connectivity index (χ0) is 10.7. The Morgan fingerprint density at radius 1 is 1.00 bits per heavy atom. The van der Waals surface area contributed by atoms with Gasteiger partial charge in [0.2, 0.25) is 0 Å². The van der Waals surface area contributed by atoms with Crippen molar-refractivity contribution in [3.05, 3.63) is 57.5 Å². The molecule has 2 rings (SSSR count). The fraction of sp³-hybridized carbons (Fsp3) is 0. The van der Waals surface area contributed by atoms with Crippen LogP contribution in [0.1, 0.15) is 0 Å². The van der Waals surface area contributed by atoms with Crippen molar-refractivity contribution in [1.82, 2.24) is 0 Å². The number of rotatable bonds is 2. The van der Waals surface area contributed by atoms with E-state index in [0.717, 1.165) is 20.4 Å². The molecule has 0 bridgehead atoms. The number of benzene rings is 2. The predicted molar refractivity (Wildman–Crippen MR) is 67.2 cm³/mol. The van der Waals surface area contributed by atoms with Crippen molar-refractivity contribution in [2.75, 3.05) is 0 Å². The van der Waals surface area contributed by atoms with Crippen LogP contribution in [0, 0.1) is 6.07 Å². The predicted octanol–water partition coefficient (Wildman–Crippen LogP) is 4.80. The lowest BCUT2D eigenvalue weighted by atomic mass is 10.3. The summed E-state index contributed by atoms with van der Waals surface area (Å²) >= 11 is 6.88. The van der Waals surface area contributed by atoms with Gasteiger partial charge in [0.1, 0.15) is 11.5 Å². The summed E-state index contributed by atoms with van der Waals surface area (Å²) in [7, 11) is 0. The van der Waals surface area contributed by atoms with Gasteiger partial charge < -0.3 is 4.74 Å². The molecule has 3 heteroatoms. The van der Waals surface area contributed by atoms with Gasteiger partial charge in [0, 0.05) is 4.47 Å². The van der Waals surface area contributed by atoms with Crippen LogP contribution in [0.4, 0.5) is 0 Å². The van der Waals surface area contributed by atoms with Crippen LogP contribution in [0.5, 0.6) is 11.5 Å². The fourth-order valence-electron chi connectivity index (χ4n) is 1.13. The third kappa shape index (κ3) is 2.61. The van der Waals surface area contributed by atoms with Gasteiger partial charge in [-0.3, -0.25) is 0 Å². The summed E-state index contributed by atoms with van der Waals surface area (Å²) < 4.78 is 7.58. The molecule has 1 nitrogen and oxygen atoms in total. The minimum Gasteiger partial charge on any atom is -0.456 e. The van der Waals surface area contributed by atoms with Crippen LogP contribution < -0.4 is 4.74 Å². The van der Waals surface area contributed by atoms with Crippen LogP contribution in [0.2, 0.25) is 0 Å². The lowest BCUT2D eigenvalue weighted by molar-refractivity contribution is 0.479. The minimum atomic E-state index is 0.788. The average molecular weight is 327 g/mol. The lowest BCUT2D eigenvalue weighted by Crippen LogP contribution is -1.85. The third-order valence-corrected chi connectivity index (χ3v) is 3.84. The molecule has 0 atom stereocenters. The molecule has 0 aliphatic carbocycles. The van der Waals surface area contributed by atoms with E-state index in [1.54, 1.807) is 0 Å². The molecule has 0 aromatic heterocycles. The van der Waals surface area contributed by atoms with Gasteiger partial charge in [-0.05, 0) is 62.2 Å². The Kier molecular flexibility index (Phi) is 3.44. The quantitative estimate of drug-likeness (QED) is 0.770. The summed E-state index contributed by atoms with van der Waals surface area (Å²) in [6.07, 6.45) is 0. The van der Waals surface area contributed by atoms with Crippen LogP contribution in [-0.4, -0.2) is 0 Å². The fourth-order valence-corrected chi connectivity index (χ4v) is 1.82. The minimum absolute atomic E-state index is 0.788. The molecule has 0 aliphatic heterocycles. The van der Waals surface area contributed by atoms with Crippen molar-refractivity contribution in [2.24, 2.45) is 0 Å². The van der Waals surface area contributed by atoms with Gasteiger partial charge in [-0.1, -0.05) is 18.2 Å². The highest BCUT2D eigenvalue weighted by Gasteiger charge is 2.04.